The molecule has 0 saturated carbocycles. The van der Waals surface area contributed by atoms with Crippen LogP contribution in [0, 0.1) is 5.41 Å². The van der Waals surface area contributed by atoms with Gasteiger partial charge in [0, 0.05) is 24.9 Å². The van der Waals surface area contributed by atoms with Crippen molar-refractivity contribution in [2.24, 2.45) is 5.41 Å². The Balaban J connectivity index is 1.58. The van der Waals surface area contributed by atoms with Crippen molar-refractivity contribution in [1.82, 2.24) is 10.2 Å². The second kappa shape index (κ2) is 6.43. The number of nitrogens with one attached hydrogen (secondary N) is 1. The molecule has 1 aromatic carbocycles. The highest BCUT2D eigenvalue weighted by atomic mass is 32.2. The maximum Gasteiger partial charge on any atom is 0.317 e. The van der Waals surface area contributed by atoms with E-state index in [2.05, 4.69) is 23.5 Å². The van der Waals surface area contributed by atoms with Gasteiger partial charge in [-0.25, -0.2) is 4.79 Å². The van der Waals surface area contributed by atoms with Crippen LogP contribution in [0.15, 0.2) is 24.3 Å². The molecule has 2 amide bonds. The zero-order chi connectivity index (χ0) is 16.4. The molecule has 3 rings (SSSR count). The van der Waals surface area contributed by atoms with Gasteiger partial charge in [-0.2, -0.15) is 11.8 Å². The van der Waals surface area contributed by atoms with Crippen molar-refractivity contribution in [3.8, 4) is 0 Å². The third kappa shape index (κ3) is 3.32. The van der Waals surface area contributed by atoms with Gasteiger partial charge in [0.05, 0.1) is 5.41 Å². The van der Waals surface area contributed by atoms with Gasteiger partial charge in [-0.15, -0.1) is 0 Å². The highest BCUT2D eigenvalue weighted by molar-refractivity contribution is 7.99. The van der Waals surface area contributed by atoms with Crippen molar-refractivity contribution in [2.75, 3.05) is 25.4 Å². The number of carbonyl (C=O) groups excluding carboxylic acids is 1. The van der Waals surface area contributed by atoms with E-state index in [0.717, 1.165) is 12.2 Å². The Bertz CT molecular complexity index is 622. The van der Waals surface area contributed by atoms with E-state index in [1.165, 1.54) is 11.1 Å². The number of amides is 2. The number of thioether (sulfide) groups is 1. The molecule has 0 aromatic heterocycles. The number of carbonyl (C=O) groups is 2. The molecule has 0 aliphatic carbocycles. The van der Waals surface area contributed by atoms with E-state index in [9.17, 15) is 14.7 Å². The lowest BCUT2D eigenvalue weighted by molar-refractivity contribution is -0.146. The molecule has 1 saturated heterocycles. The lowest BCUT2D eigenvalue weighted by Crippen LogP contribution is -2.42. The van der Waals surface area contributed by atoms with Crippen molar-refractivity contribution in [2.45, 2.75) is 25.0 Å². The Morgan fingerprint density at radius 3 is 2.96 bits per heavy atom. The van der Waals surface area contributed by atoms with Crippen LogP contribution in [0.2, 0.25) is 0 Å². The van der Waals surface area contributed by atoms with Crippen LogP contribution in [0.4, 0.5) is 4.79 Å². The van der Waals surface area contributed by atoms with Gasteiger partial charge >= 0.3 is 12.0 Å². The summed E-state index contributed by atoms with van der Waals surface area (Å²) in [4.78, 5) is 25.2. The van der Waals surface area contributed by atoms with Crippen molar-refractivity contribution < 1.29 is 14.7 Å². The zero-order valence-electron chi connectivity index (χ0n) is 13.2. The Morgan fingerprint density at radius 2 is 2.22 bits per heavy atom. The molecule has 23 heavy (non-hydrogen) atoms. The highest BCUT2D eigenvalue weighted by Gasteiger charge is 2.42. The molecule has 6 heteroatoms. The summed E-state index contributed by atoms with van der Waals surface area (Å²) < 4.78 is 0. The van der Waals surface area contributed by atoms with Crippen molar-refractivity contribution >= 4 is 23.8 Å². The molecular weight excluding hydrogens is 312 g/mol. The van der Waals surface area contributed by atoms with Gasteiger partial charge in [0.2, 0.25) is 0 Å². The average molecular weight is 334 g/mol. The number of fused-ring (bicyclic) bond motifs is 1. The number of carboxylic acid groups (broad SMARTS) is 1. The summed E-state index contributed by atoms with van der Waals surface area (Å²) in [7, 11) is 0. The highest BCUT2D eigenvalue weighted by Crippen LogP contribution is 2.36. The third-order valence-electron chi connectivity index (χ3n) is 4.81. The normalized spacial score (nSPS) is 26.7. The summed E-state index contributed by atoms with van der Waals surface area (Å²) in [6.45, 7) is 3.07. The van der Waals surface area contributed by atoms with Gasteiger partial charge in [0.15, 0.2) is 0 Å². The predicted octanol–water partition coefficient (Wildman–Crippen LogP) is 2.52. The maximum atomic E-state index is 12.3. The number of carboxylic acids is 1. The number of benzene rings is 1. The number of hydrogen-bond donors (Lipinski definition) is 2. The smallest absolute Gasteiger partial charge is 0.317 e. The second-order valence-electron chi connectivity index (χ2n) is 6.53. The van der Waals surface area contributed by atoms with Crippen LogP contribution in [0.5, 0.6) is 0 Å². The largest absolute Gasteiger partial charge is 0.481 e. The van der Waals surface area contributed by atoms with Crippen LogP contribution < -0.4 is 5.32 Å². The van der Waals surface area contributed by atoms with Crippen molar-refractivity contribution in [3.63, 3.8) is 0 Å². The fourth-order valence-corrected chi connectivity index (χ4v) is 4.48. The first-order valence-corrected chi connectivity index (χ1v) is 9.00. The zero-order valence-corrected chi connectivity index (χ0v) is 14.1. The summed E-state index contributed by atoms with van der Waals surface area (Å²) in [5, 5.41) is 12.5. The summed E-state index contributed by atoms with van der Waals surface area (Å²) in [6, 6.07) is 8.23. The van der Waals surface area contributed by atoms with Crippen molar-refractivity contribution in [3.05, 3.63) is 35.4 Å². The van der Waals surface area contributed by atoms with Crippen molar-refractivity contribution in [1.29, 1.82) is 0 Å². The summed E-state index contributed by atoms with van der Waals surface area (Å²) in [5.74, 6) is 0.239. The minimum absolute atomic E-state index is 0.154. The van der Waals surface area contributed by atoms with Gasteiger partial charge in [-0.3, -0.25) is 4.79 Å². The average Bonchev–Trinajstić information content (AvgIpc) is 2.96. The molecule has 2 aliphatic rings. The number of rotatable bonds is 3. The molecule has 2 unspecified atom stereocenters. The Hall–Kier alpha value is -1.69. The minimum atomic E-state index is -0.829. The first-order chi connectivity index (χ1) is 11.0. The summed E-state index contributed by atoms with van der Waals surface area (Å²) in [6.07, 6.45) is 1.59. The quantitative estimate of drug-likeness (QED) is 0.891. The fraction of sp³-hybridized carbons (Fsp3) is 0.529. The Kier molecular flexibility index (Phi) is 4.53. The number of nitrogens with zero attached hydrogens (tertiary/aromatic N) is 1. The van der Waals surface area contributed by atoms with Crippen LogP contribution in [-0.2, 0) is 11.2 Å². The first-order valence-electron chi connectivity index (χ1n) is 7.95. The lowest BCUT2D eigenvalue weighted by Gasteiger charge is -2.26. The van der Waals surface area contributed by atoms with Gasteiger partial charge in [0.25, 0.3) is 0 Å². The molecule has 0 bridgehead atoms. The lowest BCUT2D eigenvalue weighted by atomic mass is 9.90. The SMILES string of the molecule is CC1(C(=O)O)CCN(C(=O)NCC2SCCc3ccccc32)C1. The monoisotopic (exact) mass is 334 g/mol. The summed E-state index contributed by atoms with van der Waals surface area (Å²) in [5.41, 5.74) is 1.86. The second-order valence-corrected chi connectivity index (χ2v) is 7.84. The van der Waals surface area contributed by atoms with Crippen LogP contribution in [0.25, 0.3) is 0 Å². The molecule has 2 atom stereocenters. The molecule has 2 heterocycles. The molecule has 1 fully saturated rings. The Morgan fingerprint density at radius 1 is 1.43 bits per heavy atom. The maximum absolute atomic E-state index is 12.3. The van der Waals surface area contributed by atoms with Gasteiger partial charge in [-0.05, 0) is 36.6 Å². The molecule has 2 N–H and O–H groups in total. The van der Waals surface area contributed by atoms with Gasteiger partial charge < -0.3 is 15.3 Å². The van der Waals surface area contributed by atoms with E-state index < -0.39 is 11.4 Å². The number of likely N-dealkylation sites (tertiary alicyclic amines) is 1. The minimum Gasteiger partial charge on any atom is -0.481 e. The van der Waals surface area contributed by atoms with E-state index in [0.29, 0.717) is 19.5 Å². The molecule has 5 nitrogen and oxygen atoms in total. The van der Waals surface area contributed by atoms with E-state index in [1.807, 2.05) is 17.8 Å². The molecule has 0 radical (unpaired) electrons. The fourth-order valence-electron chi connectivity index (χ4n) is 3.25. The third-order valence-corrected chi connectivity index (χ3v) is 6.07. The van der Waals surface area contributed by atoms with Crippen LogP contribution in [-0.4, -0.2) is 47.4 Å². The van der Waals surface area contributed by atoms with E-state index in [-0.39, 0.29) is 17.8 Å². The molecule has 124 valence electrons. The molecule has 2 aliphatic heterocycles. The van der Waals surface area contributed by atoms with Crippen LogP contribution >= 0.6 is 11.8 Å². The van der Waals surface area contributed by atoms with Crippen LogP contribution in [0.3, 0.4) is 0 Å². The number of urea groups is 1. The number of aryl methyl sites for hydroxylation is 1. The van der Waals surface area contributed by atoms with E-state index in [4.69, 9.17) is 0 Å². The standard InChI is InChI=1S/C17H22N2O3S/c1-17(15(20)21)7-8-19(11-17)16(22)18-10-14-13-5-3-2-4-12(13)6-9-23-14/h2-5,14H,6-11H2,1H3,(H,18,22)(H,20,21). The van der Waals surface area contributed by atoms with E-state index >= 15 is 0 Å². The molecule has 1 aromatic rings. The topological polar surface area (TPSA) is 69.6 Å². The van der Waals surface area contributed by atoms with Crippen LogP contribution in [0.1, 0.15) is 29.7 Å². The Labute approximate surface area is 140 Å². The first kappa shape index (κ1) is 16.2. The van der Waals surface area contributed by atoms with E-state index in [1.54, 1.807) is 11.8 Å². The van der Waals surface area contributed by atoms with Gasteiger partial charge in [0.1, 0.15) is 0 Å². The number of hydrogen-bond acceptors (Lipinski definition) is 3. The number of aliphatic carboxylic acids is 1. The van der Waals surface area contributed by atoms with Gasteiger partial charge in [-0.1, -0.05) is 24.3 Å². The summed E-state index contributed by atoms with van der Waals surface area (Å²) >= 11 is 1.87. The molecule has 0 spiro atoms. The molecular formula is C17H22N2O3S. The predicted molar refractivity (Wildman–Crippen MR) is 90.7 cm³/mol.